The summed E-state index contributed by atoms with van der Waals surface area (Å²) < 4.78 is 10.5. The molecule has 0 bridgehead atoms. The SMILES string of the molecule is COc1ccc(-c2nc(C)c(C(=O)N(C)CC(C)C(=O)O)s2)cc1OC. The minimum atomic E-state index is -0.934. The molecule has 8 heteroatoms. The summed E-state index contributed by atoms with van der Waals surface area (Å²) >= 11 is 1.27. The zero-order valence-electron chi connectivity index (χ0n) is 15.4. The molecule has 1 atom stereocenters. The fraction of sp³-hybridized carbons (Fsp3) is 0.389. The quantitative estimate of drug-likeness (QED) is 0.797. The number of ether oxygens (including phenoxy) is 2. The van der Waals surface area contributed by atoms with Gasteiger partial charge in [-0.25, -0.2) is 4.98 Å². The summed E-state index contributed by atoms with van der Waals surface area (Å²) in [6, 6.07) is 5.44. The van der Waals surface area contributed by atoms with Crippen LogP contribution in [0.25, 0.3) is 10.6 Å². The van der Waals surface area contributed by atoms with Gasteiger partial charge in [-0.2, -0.15) is 0 Å². The largest absolute Gasteiger partial charge is 0.493 e. The molecule has 0 saturated heterocycles. The van der Waals surface area contributed by atoms with Crippen LogP contribution in [0.1, 0.15) is 22.3 Å². The number of nitrogens with zero attached hydrogens (tertiary/aromatic N) is 2. The molecule has 0 aliphatic carbocycles. The van der Waals surface area contributed by atoms with Crippen molar-refractivity contribution < 1.29 is 24.2 Å². The van der Waals surface area contributed by atoms with Gasteiger partial charge < -0.3 is 19.5 Å². The maximum absolute atomic E-state index is 12.7. The van der Waals surface area contributed by atoms with E-state index in [1.54, 1.807) is 41.2 Å². The van der Waals surface area contributed by atoms with Gasteiger partial charge in [0.1, 0.15) is 9.88 Å². The van der Waals surface area contributed by atoms with E-state index in [2.05, 4.69) is 4.98 Å². The van der Waals surface area contributed by atoms with Crippen LogP contribution in [0.15, 0.2) is 18.2 Å². The number of carboxylic acid groups (broad SMARTS) is 1. The summed E-state index contributed by atoms with van der Waals surface area (Å²) in [7, 11) is 4.72. The lowest BCUT2D eigenvalue weighted by Crippen LogP contribution is -2.33. The smallest absolute Gasteiger partial charge is 0.308 e. The Morgan fingerprint density at radius 1 is 1.27 bits per heavy atom. The predicted octanol–water partition coefficient (Wildman–Crippen LogP) is 2.93. The molecule has 0 aliphatic heterocycles. The van der Waals surface area contributed by atoms with Gasteiger partial charge in [-0.05, 0) is 25.1 Å². The van der Waals surface area contributed by atoms with Crippen LogP contribution >= 0.6 is 11.3 Å². The van der Waals surface area contributed by atoms with Crippen molar-refractivity contribution in [3.8, 4) is 22.1 Å². The Balaban J connectivity index is 2.28. The molecule has 7 nitrogen and oxygen atoms in total. The topological polar surface area (TPSA) is 89.0 Å². The third-order valence-corrected chi connectivity index (χ3v) is 5.13. The molecule has 1 heterocycles. The van der Waals surface area contributed by atoms with Crippen molar-refractivity contribution >= 4 is 23.2 Å². The molecule has 1 amide bonds. The first kappa shape index (κ1) is 19.7. The highest BCUT2D eigenvalue weighted by Gasteiger charge is 2.23. The van der Waals surface area contributed by atoms with E-state index in [1.165, 1.54) is 16.2 Å². The average Bonchev–Trinajstić information content (AvgIpc) is 3.01. The molecule has 0 fully saturated rings. The van der Waals surface area contributed by atoms with Gasteiger partial charge in [0.2, 0.25) is 0 Å². The van der Waals surface area contributed by atoms with Crippen LogP contribution in [0.2, 0.25) is 0 Å². The number of benzene rings is 1. The van der Waals surface area contributed by atoms with Crippen molar-refractivity contribution in [1.29, 1.82) is 0 Å². The molecule has 140 valence electrons. The lowest BCUT2D eigenvalue weighted by atomic mass is 10.1. The zero-order valence-corrected chi connectivity index (χ0v) is 16.2. The minimum absolute atomic E-state index is 0.136. The fourth-order valence-corrected chi connectivity index (χ4v) is 3.49. The number of thiazole rings is 1. The van der Waals surface area contributed by atoms with Crippen LogP contribution in [-0.2, 0) is 4.79 Å². The van der Waals surface area contributed by atoms with E-state index in [-0.39, 0.29) is 12.5 Å². The van der Waals surface area contributed by atoms with Crippen molar-refractivity contribution in [2.45, 2.75) is 13.8 Å². The van der Waals surface area contributed by atoms with Crippen LogP contribution in [0.4, 0.5) is 0 Å². The second-order valence-electron chi connectivity index (χ2n) is 5.93. The van der Waals surface area contributed by atoms with Crippen LogP contribution in [0.5, 0.6) is 11.5 Å². The first-order chi connectivity index (χ1) is 12.3. The Morgan fingerprint density at radius 2 is 1.92 bits per heavy atom. The number of aliphatic carboxylic acids is 1. The monoisotopic (exact) mass is 378 g/mol. The summed E-state index contributed by atoms with van der Waals surface area (Å²) in [6.07, 6.45) is 0. The number of methoxy groups -OCH3 is 2. The predicted molar refractivity (Wildman–Crippen MR) is 99.2 cm³/mol. The lowest BCUT2D eigenvalue weighted by molar-refractivity contribution is -0.141. The van der Waals surface area contributed by atoms with Crippen molar-refractivity contribution in [3.05, 3.63) is 28.8 Å². The molecule has 0 spiro atoms. The first-order valence-electron chi connectivity index (χ1n) is 7.96. The van der Waals surface area contributed by atoms with E-state index in [0.29, 0.717) is 27.1 Å². The fourth-order valence-electron chi connectivity index (χ4n) is 2.43. The highest BCUT2D eigenvalue weighted by atomic mass is 32.1. The van der Waals surface area contributed by atoms with E-state index in [4.69, 9.17) is 14.6 Å². The van der Waals surface area contributed by atoms with Crippen LogP contribution in [0, 0.1) is 12.8 Å². The second kappa shape index (κ2) is 8.18. The van der Waals surface area contributed by atoms with E-state index in [0.717, 1.165) is 5.56 Å². The number of hydrogen-bond donors (Lipinski definition) is 1. The van der Waals surface area contributed by atoms with Gasteiger partial charge in [-0.15, -0.1) is 11.3 Å². The highest BCUT2D eigenvalue weighted by Crippen LogP contribution is 2.35. The number of rotatable bonds is 7. The lowest BCUT2D eigenvalue weighted by Gasteiger charge is -2.18. The number of amides is 1. The Labute approximate surface area is 156 Å². The van der Waals surface area contributed by atoms with Crippen molar-refractivity contribution in [3.63, 3.8) is 0 Å². The van der Waals surface area contributed by atoms with E-state index in [9.17, 15) is 9.59 Å². The van der Waals surface area contributed by atoms with Crippen molar-refractivity contribution in [2.24, 2.45) is 5.92 Å². The van der Waals surface area contributed by atoms with Gasteiger partial charge in [0.25, 0.3) is 5.91 Å². The minimum Gasteiger partial charge on any atom is -0.493 e. The van der Waals surface area contributed by atoms with Gasteiger partial charge in [0.05, 0.1) is 25.8 Å². The van der Waals surface area contributed by atoms with Crippen LogP contribution < -0.4 is 9.47 Å². The molecule has 0 radical (unpaired) electrons. The first-order valence-corrected chi connectivity index (χ1v) is 8.78. The molecule has 1 unspecified atom stereocenters. The van der Waals surface area contributed by atoms with E-state index in [1.807, 2.05) is 12.1 Å². The molecule has 26 heavy (non-hydrogen) atoms. The summed E-state index contributed by atoms with van der Waals surface area (Å²) in [6.45, 7) is 3.47. The number of carbonyl (C=O) groups excluding carboxylic acids is 1. The summed E-state index contributed by atoms with van der Waals surface area (Å²) in [5.74, 6) is -0.611. The molecular weight excluding hydrogens is 356 g/mol. The van der Waals surface area contributed by atoms with Gasteiger partial charge >= 0.3 is 5.97 Å². The summed E-state index contributed by atoms with van der Waals surface area (Å²) in [5.41, 5.74) is 1.43. The van der Waals surface area contributed by atoms with Gasteiger partial charge in [-0.1, -0.05) is 6.92 Å². The molecule has 1 aromatic carbocycles. The third-order valence-electron chi connectivity index (χ3n) is 3.94. The van der Waals surface area contributed by atoms with Crippen molar-refractivity contribution in [1.82, 2.24) is 9.88 Å². The Morgan fingerprint density at radius 3 is 2.50 bits per heavy atom. The summed E-state index contributed by atoms with van der Waals surface area (Å²) in [5, 5.41) is 9.70. The molecule has 0 aliphatic rings. The Kier molecular flexibility index (Phi) is 6.20. The molecule has 2 aromatic rings. The number of carbonyl (C=O) groups is 2. The zero-order chi connectivity index (χ0) is 19.4. The maximum Gasteiger partial charge on any atom is 0.308 e. The Bertz CT molecular complexity index is 818. The highest BCUT2D eigenvalue weighted by molar-refractivity contribution is 7.17. The van der Waals surface area contributed by atoms with Gasteiger partial charge in [0.15, 0.2) is 11.5 Å². The third kappa shape index (κ3) is 4.13. The number of hydrogen-bond acceptors (Lipinski definition) is 6. The number of aromatic nitrogens is 1. The molecular formula is C18H22N2O5S. The molecule has 1 aromatic heterocycles. The molecule has 0 saturated carbocycles. The van der Waals surface area contributed by atoms with Gasteiger partial charge in [-0.3, -0.25) is 9.59 Å². The average molecular weight is 378 g/mol. The normalized spacial score (nSPS) is 11.7. The van der Waals surface area contributed by atoms with E-state index >= 15 is 0 Å². The standard InChI is InChI=1S/C18H22N2O5S/c1-10(18(22)23)9-20(3)17(21)15-11(2)19-16(26-15)12-6-7-13(24-4)14(8-12)25-5/h6-8,10H,9H2,1-5H3,(H,22,23). The molecule has 1 N–H and O–H groups in total. The summed E-state index contributed by atoms with van der Waals surface area (Å²) in [4.78, 5) is 30.0. The Hall–Kier alpha value is -2.61. The number of aryl methyl sites for hydroxylation is 1. The van der Waals surface area contributed by atoms with E-state index < -0.39 is 11.9 Å². The van der Waals surface area contributed by atoms with Crippen molar-refractivity contribution in [2.75, 3.05) is 27.8 Å². The van der Waals surface area contributed by atoms with Crippen LogP contribution in [0.3, 0.4) is 0 Å². The molecule has 2 rings (SSSR count). The number of carboxylic acids is 1. The van der Waals surface area contributed by atoms with Crippen LogP contribution in [-0.4, -0.2) is 54.7 Å². The van der Waals surface area contributed by atoms with Gasteiger partial charge in [0, 0.05) is 19.2 Å². The second-order valence-corrected chi connectivity index (χ2v) is 6.93. The maximum atomic E-state index is 12.7.